The van der Waals surface area contributed by atoms with Gasteiger partial charge in [0.25, 0.3) is 0 Å². The lowest BCUT2D eigenvalue weighted by molar-refractivity contribution is 0.269. The van der Waals surface area contributed by atoms with E-state index < -0.39 is 0 Å². The zero-order valence-electron chi connectivity index (χ0n) is 10.8. The van der Waals surface area contributed by atoms with Crippen LogP contribution in [0.15, 0.2) is 16.6 Å². The molecule has 0 spiro atoms. The minimum absolute atomic E-state index is 0.190. The first kappa shape index (κ1) is 13.8. The Kier molecular flexibility index (Phi) is 3.89. The normalized spacial score (nSPS) is 28.2. The molecule has 4 heteroatoms. The zero-order chi connectivity index (χ0) is 13.5. The van der Waals surface area contributed by atoms with E-state index in [1.807, 2.05) is 12.1 Å². The highest BCUT2D eigenvalue weighted by Gasteiger charge is 2.47. The van der Waals surface area contributed by atoms with Crippen LogP contribution in [0.1, 0.15) is 44.1 Å². The lowest BCUT2D eigenvalue weighted by Crippen LogP contribution is -2.44. The molecule has 0 bridgehead atoms. The molecule has 3 rings (SSSR count). The third-order valence-corrected chi connectivity index (χ3v) is 5.74. The average molecular weight is 347 g/mol. The third kappa shape index (κ3) is 2.45. The fourth-order valence-corrected chi connectivity index (χ4v) is 3.82. The van der Waals surface area contributed by atoms with Crippen molar-refractivity contribution >= 4 is 27.5 Å². The zero-order valence-corrected chi connectivity index (χ0v) is 13.2. The van der Waals surface area contributed by atoms with E-state index in [1.54, 1.807) is 0 Å². The summed E-state index contributed by atoms with van der Waals surface area (Å²) in [5, 5.41) is 3.86. The highest BCUT2D eigenvalue weighted by atomic mass is 79.9. The van der Waals surface area contributed by atoms with Gasteiger partial charge in [-0.25, -0.2) is 4.39 Å². The Hall–Kier alpha value is -0.120. The van der Waals surface area contributed by atoms with Crippen molar-refractivity contribution in [1.82, 2.24) is 5.32 Å². The molecule has 1 unspecified atom stereocenters. The summed E-state index contributed by atoms with van der Waals surface area (Å²) in [6, 6.07) is 3.78. The van der Waals surface area contributed by atoms with Crippen LogP contribution in [0.3, 0.4) is 0 Å². The Balaban J connectivity index is 2.07. The monoisotopic (exact) mass is 345 g/mol. The Bertz CT molecular complexity index is 479. The van der Waals surface area contributed by atoms with Crippen molar-refractivity contribution in [3.63, 3.8) is 0 Å². The van der Waals surface area contributed by atoms with Gasteiger partial charge in [0.2, 0.25) is 0 Å². The molecule has 0 aromatic heterocycles. The van der Waals surface area contributed by atoms with Crippen LogP contribution in [-0.2, 0) is 5.54 Å². The van der Waals surface area contributed by atoms with E-state index in [9.17, 15) is 4.39 Å². The van der Waals surface area contributed by atoms with Crippen LogP contribution < -0.4 is 5.32 Å². The number of halogens is 3. The molecule has 1 atom stereocenters. The number of benzene rings is 1. The molecular weight excluding hydrogens is 329 g/mol. The maximum Gasteiger partial charge on any atom is 0.148 e. The second-order valence-corrected chi connectivity index (χ2v) is 6.94. The van der Waals surface area contributed by atoms with E-state index >= 15 is 0 Å². The molecule has 2 aliphatic rings. The van der Waals surface area contributed by atoms with Crippen LogP contribution in [-0.4, -0.2) is 6.54 Å². The number of hydrogen-bond acceptors (Lipinski definition) is 1. The first-order valence-corrected chi connectivity index (χ1v) is 8.21. The molecule has 1 aromatic carbocycles. The number of rotatable bonds is 2. The summed E-state index contributed by atoms with van der Waals surface area (Å²) in [6.45, 7) is 0.976. The molecule has 1 aliphatic heterocycles. The molecule has 19 heavy (non-hydrogen) atoms. The van der Waals surface area contributed by atoms with Gasteiger partial charge in [0.15, 0.2) is 0 Å². The molecule has 1 saturated heterocycles. The van der Waals surface area contributed by atoms with E-state index in [4.69, 9.17) is 11.6 Å². The predicted octanol–water partition coefficient (Wildman–Crippen LogP) is 5.01. The van der Waals surface area contributed by atoms with Gasteiger partial charge in [0.05, 0.1) is 5.02 Å². The topological polar surface area (TPSA) is 12.0 Å². The van der Waals surface area contributed by atoms with Crippen molar-refractivity contribution in [3.05, 3.63) is 33.0 Å². The van der Waals surface area contributed by atoms with Gasteiger partial charge in [0.1, 0.15) is 5.82 Å². The molecule has 1 aliphatic carbocycles. The van der Waals surface area contributed by atoms with Crippen molar-refractivity contribution in [2.75, 3.05) is 6.54 Å². The lowest BCUT2D eigenvalue weighted by atomic mass is 9.81. The standard InChI is InChI=1S/C15H18BrClFN/c16-12-7-6-11(14(18)13(12)17)15(10-4-5-10)8-2-1-3-9-19-15/h6-7,10,19H,1-5,8-9H2. The predicted molar refractivity (Wildman–Crippen MR) is 80.0 cm³/mol. The van der Waals surface area contributed by atoms with Gasteiger partial charge in [-0.15, -0.1) is 0 Å². The Morgan fingerprint density at radius 3 is 2.79 bits per heavy atom. The highest BCUT2D eigenvalue weighted by Crippen LogP contribution is 2.50. The molecule has 0 radical (unpaired) electrons. The highest BCUT2D eigenvalue weighted by molar-refractivity contribution is 9.10. The van der Waals surface area contributed by atoms with E-state index in [0.29, 0.717) is 10.4 Å². The fourth-order valence-electron chi connectivity index (χ4n) is 3.35. The van der Waals surface area contributed by atoms with Crippen LogP contribution >= 0.6 is 27.5 Å². The van der Waals surface area contributed by atoms with Gasteiger partial charge in [-0.1, -0.05) is 30.5 Å². The second-order valence-electron chi connectivity index (χ2n) is 5.71. The first-order valence-electron chi connectivity index (χ1n) is 7.04. The Morgan fingerprint density at radius 1 is 1.26 bits per heavy atom. The molecular formula is C15H18BrClFN. The summed E-state index contributed by atoms with van der Waals surface area (Å²) in [4.78, 5) is 0. The van der Waals surface area contributed by atoms with Crippen LogP contribution in [0.5, 0.6) is 0 Å². The SMILES string of the molecule is Fc1c(C2(C3CC3)CCCCCN2)ccc(Br)c1Cl. The maximum absolute atomic E-state index is 14.6. The van der Waals surface area contributed by atoms with Gasteiger partial charge in [-0.3, -0.25) is 0 Å². The smallest absolute Gasteiger partial charge is 0.148 e. The number of hydrogen-bond donors (Lipinski definition) is 1. The van der Waals surface area contributed by atoms with E-state index in [-0.39, 0.29) is 16.4 Å². The van der Waals surface area contributed by atoms with Gasteiger partial charge < -0.3 is 5.32 Å². The van der Waals surface area contributed by atoms with Crippen LogP contribution in [0.4, 0.5) is 4.39 Å². The van der Waals surface area contributed by atoms with E-state index in [1.165, 1.54) is 25.7 Å². The van der Waals surface area contributed by atoms with Crippen molar-refractivity contribution < 1.29 is 4.39 Å². The van der Waals surface area contributed by atoms with Crippen molar-refractivity contribution in [1.29, 1.82) is 0 Å². The Labute approximate surface area is 127 Å². The van der Waals surface area contributed by atoms with Crippen LogP contribution in [0, 0.1) is 11.7 Å². The van der Waals surface area contributed by atoms with E-state index in [2.05, 4.69) is 21.2 Å². The Morgan fingerprint density at radius 2 is 2.05 bits per heavy atom. The van der Waals surface area contributed by atoms with Crippen molar-refractivity contribution in [2.24, 2.45) is 5.92 Å². The lowest BCUT2D eigenvalue weighted by Gasteiger charge is -2.35. The summed E-state index contributed by atoms with van der Waals surface area (Å²) in [6.07, 6.45) is 6.98. The maximum atomic E-state index is 14.6. The van der Waals surface area contributed by atoms with Gasteiger partial charge in [-0.2, -0.15) is 0 Å². The molecule has 1 heterocycles. The third-order valence-electron chi connectivity index (χ3n) is 4.48. The molecule has 1 aromatic rings. The summed E-state index contributed by atoms with van der Waals surface area (Å²) >= 11 is 9.38. The summed E-state index contributed by atoms with van der Waals surface area (Å²) in [7, 11) is 0. The van der Waals surface area contributed by atoms with Crippen molar-refractivity contribution in [2.45, 2.75) is 44.1 Å². The quantitative estimate of drug-likeness (QED) is 0.742. The minimum Gasteiger partial charge on any atom is -0.307 e. The van der Waals surface area contributed by atoms with E-state index in [0.717, 1.165) is 24.9 Å². The summed E-state index contributed by atoms with van der Waals surface area (Å²) < 4.78 is 15.2. The molecule has 1 saturated carbocycles. The summed E-state index contributed by atoms with van der Waals surface area (Å²) in [5.74, 6) is 0.315. The summed E-state index contributed by atoms with van der Waals surface area (Å²) in [5.41, 5.74) is 0.579. The van der Waals surface area contributed by atoms with Crippen LogP contribution in [0.2, 0.25) is 5.02 Å². The molecule has 1 nitrogen and oxygen atoms in total. The largest absolute Gasteiger partial charge is 0.307 e. The van der Waals surface area contributed by atoms with Gasteiger partial charge in [0, 0.05) is 15.6 Å². The molecule has 104 valence electrons. The fraction of sp³-hybridized carbons (Fsp3) is 0.600. The minimum atomic E-state index is -0.252. The number of nitrogens with one attached hydrogen (secondary N) is 1. The van der Waals surface area contributed by atoms with Crippen molar-refractivity contribution in [3.8, 4) is 0 Å². The second kappa shape index (κ2) is 5.34. The molecule has 1 N–H and O–H groups in total. The average Bonchev–Trinajstić information content (AvgIpc) is 3.22. The van der Waals surface area contributed by atoms with Crippen LogP contribution in [0.25, 0.3) is 0 Å². The van der Waals surface area contributed by atoms with Gasteiger partial charge in [-0.05, 0) is 60.1 Å². The van der Waals surface area contributed by atoms with Gasteiger partial charge >= 0.3 is 0 Å². The molecule has 2 fully saturated rings. The first-order chi connectivity index (χ1) is 9.15. The molecule has 0 amide bonds.